The van der Waals surface area contributed by atoms with Crippen molar-refractivity contribution in [3.05, 3.63) is 22.7 Å². The fraction of sp³-hybridized carbons (Fsp3) is 0.467. The lowest BCUT2D eigenvalue weighted by Gasteiger charge is -2.34. The topological polar surface area (TPSA) is 78.4 Å². The molecule has 9 heteroatoms. The third kappa shape index (κ3) is 4.30. The van der Waals surface area contributed by atoms with Crippen LogP contribution in [-0.4, -0.2) is 52.9 Å². The number of rotatable bonds is 5. The van der Waals surface area contributed by atoms with Gasteiger partial charge in [0.2, 0.25) is 11.8 Å². The Morgan fingerprint density at radius 3 is 2.62 bits per heavy atom. The third-order valence-corrected chi connectivity index (χ3v) is 5.46. The molecule has 1 aliphatic rings. The summed E-state index contributed by atoms with van der Waals surface area (Å²) in [6.07, 6.45) is 2.05. The van der Waals surface area contributed by atoms with Gasteiger partial charge in [0.1, 0.15) is 0 Å². The largest absolute Gasteiger partial charge is 0.345 e. The number of anilines is 2. The Kier molecular flexibility index (Phi) is 5.41. The van der Waals surface area contributed by atoms with Gasteiger partial charge in [-0.25, -0.2) is 9.97 Å². The highest BCUT2D eigenvalue weighted by atomic mass is 32.1. The van der Waals surface area contributed by atoms with E-state index in [-0.39, 0.29) is 24.7 Å². The van der Waals surface area contributed by atoms with Gasteiger partial charge < -0.3 is 15.1 Å². The molecule has 24 heavy (non-hydrogen) atoms. The number of carbonyl (C=O) groups is 2. The summed E-state index contributed by atoms with van der Waals surface area (Å²) in [5.41, 5.74) is 1.03. The molecule has 1 aliphatic heterocycles. The molecule has 0 atom stereocenters. The minimum absolute atomic E-state index is 0.0271. The summed E-state index contributed by atoms with van der Waals surface area (Å²) in [5, 5.41) is 8.11. The fourth-order valence-electron chi connectivity index (χ4n) is 2.48. The number of aryl methyl sites for hydroxylation is 1. The number of carbonyl (C=O) groups excluding carboxylic acids is 2. The van der Waals surface area contributed by atoms with Gasteiger partial charge in [-0.15, -0.1) is 22.7 Å². The number of thiazole rings is 2. The monoisotopic (exact) mass is 365 g/mol. The Hall–Kier alpha value is -2.00. The summed E-state index contributed by atoms with van der Waals surface area (Å²) in [6.45, 7) is 4.89. The molecular weight excluding hydrogens is 346 g/mol. The van der Waals surface area contributed by atoms with E-state index in [1.807, 2.05) is 17.2 Å². The summed E-state index contributed by atoms with van der Waals surface area (Å²) in [4.78, 5) is 36.6. The summed E-state index contributed by atoms with van der Waals surface area (Å²) in [6, 6.07) is 0. The molecule has 7 nitrogen and oxygen atoms in total. The number of aromatic nitrogens is 2. The smallest absolute Gasteiger partial charge is 0.226 e. The summed E-state index contributed by atoms with van der Waals surface area (Å²) in [5.74, 6) is -0.144. The van der Waals surface area contributed by atoms with Crippen molar-refractivity contribution in [3.8, 4) is 0 Å². The van der Waals surface area contributed by atoms with E-state index in [0.717, 1.165) is 23.9 Å². The van der Waals surface area contributed by atoms with Crippen LogP contribution in [0.4, 0.5) is 10.3 Å². The summed E-state index contributed by atoms with van der Waals surface area (Å²) >= 11 is 3.00. The number of amides is 2. The molecule has 2 aromatic rings. The van der Waals surface area contributed by atoms with Crippen LogP contribution < -0.4 is 10.2 Å². The molecule has 2 amide bonds. The summed E-state index contributed by atoms with van der Waals surface area (Å²) < 4.78 is 0. The average molecular weight is 365 g/mol. The number of nitrogens with zero attached hydrogens (tertiary/aromatic N) is 4. The Bertz CT molecular complexity index is 693. The maximum atomic E-state index is 12.3. The molecule has 0 radical (unpaired) electrons. The van der Waals surface area contributed by atoms with Crippen LogP contribution in [-0.2, 0) is 9.59 Å². The number of hydrogen-bond acceptors (Lipinski definition) is 7. The van der Waals surface area contributed by atoms with Gasteiger partial charge in [0.05, 0.1) is 5.69 Å². The fourth-order valence-corrected chi connectivity index (χ4v) is 3.88. The first-order valence-electron chi connectivity index (χ1n) is 7.76. The van der Waals surface area contributed by atoms with Crippen LogP contribution in [0.2, 0.25) is 0 Å². The molecule has 1 N–H and O–H groups in total. The number of nitrogens with one attached hydrogen (secondary N) is 1. The molecule has 1 saturated heterocycles. The van der Waals surface area contributed by atoms with Crippen molar-refractivity contribution >= 4 is 44.8 Å². The van der Waals surface area contributed by atoms with Crippen molar-refractivity contribution in [1.29, 1.82) is 0 Å². The van der Waals surface area contributed by atoms with Crippen molar-refractivity contribution in [3.63, 3.8) is 0 Å². The van der Waals surface area contributed by atoms with Gasteiger partial charge in [-0.1, -0.05) is 0 Å². The predicted molar refractivity (Wildman–Crippen MR) is 95.6 cm³/mol. The molecule has 3 rings (SSSR count). The second-order valence-corrected chi connectivity index (χ2v) is 7.26. The van der Waals surface area contributed by atoms with Gasteiger partial charge in [-0.2, -0.15) is 0 Å². The van der Waals surface area contributed by atoms with Crippen LogP contribution in [0.15, 0.2) is 17.0 Å². The van der Waals surface area contributed by atoms with Crippen LogP contribution in [0.25, 0.3) is 0 Å². The predicted octanol–water partition coefficient (Wildman–Crippen LogP) is 1.98. The van der Waals surface area contributed by atoms with Gasteiger partial charge >= 0.3 is 0 Å². The molecule has 128 valence electrons. The van der Waals surface area contributed by atoms with Crippen LogP contribution >= 0.6 is 22.7 Å². The standard InChI is InChI=1S/C15H19N5O2S2/c1-11-10-24-15(17-11)20-7-5-19(6-8-20)13(22)3-2-12(21)18-14-16-4-9-23-14/h4,9-10H,2-3,5-8H2,1H3,(H,16,18,21). The highest BCUT2D eigenvalue weighted by Crippen LogP contribution is 2.21. The SMILES string of the molecule is Cc1csc(N2CCN(C(=O)CCC(=O)Nc3nccs3)CC2)n1. The molecule has 1 fully saturated rings. The molecule has 0 spiro atoms. The second-order valence-electron chi connectivity index (χ2n) is 5.52. The van der Waals surface area contributed by atoms with Gasteiger partial charge in [0, 0.05) is 56.0 Å². The highest BCUT2D eigenvalue weighted by Gasteiger charge is 2.23. The van der Waals surface area contributed by atoms with Gasteiger partial charge in [0.15, 0.2) is 10.3 Å². The van der Waals surface area contributed by atoms with E-state index in [9.17, 15) is 9.59 Å². The van der Waals surface area contributed by atoms with Gasteiger partial charge in [0.25, 0.3) is 0 Å². The first-order chi connectivity index (χ1) is 11.6. The lowest BCUT2D eigenvalue weighted by Crippen LogP contribution is -2.48. The molecule has 0 bridgehead atoms. The maximum absolute atomic E-state index is 12.3. The molecule has 3 heterocycles. The number of piperazine rings is 1. The van der Waals surface area contributed by atoms with E-state index in [0.29, 0.717) is 18.2 Å². The minimum Gasteiger partial charge on any atom is -0.345 e. The quantitative estimate of drug-likeness (QED) is 0.876. The summed E-state index contributed by atoms with van der Waals surface area (Å²) in [7, 11) is 0. The van der Waals surface area contributed by atoms with Crippen molar-refractivity contribution < 1.29 is 9.59 Å². The van der Waals surface area contributed by atoms with E-state index in [1.54, 1.807) is 22.9 Å². The van der Waals surface area contributed by atoms with E-state index < -0.39 is 0 Å². The third-order valence-electron chi connectivity index (χ3n) is 3.75. The Morgan fingerprint density at radius 2 is 2.00 bits per heavy atom. The Labute approximate surface area is 148 Å². The maximum Gasteiger partial charge on any atom is 0.226 e. The van der Waals surface area contributed by atoms with Crippen LogP contribution in [0.1, 0.15) is 18.5 Å². The van der Waals surface area contributed by atoms with Crippen LogP contribution in [0.3, 0.4) is 0 Å². The van der Waals surface area contributed by atoms with E-state index in [4.69, 9.17) is 0 Å². The van der Waals surface area contributed by atoms with Gasteiger partial charge in [-0.3, -0.25) is 9.59 Å². The van der Waals surface area contributed by atoms with Crippen LogP contribution in [0, 0.1) is 6.92 Å². The Balaban J connectivity index is 1.41. The van der Waals surface area contributed by atoms with Crippen molar-refractivity contribution in [2.75, 3.05) is 36.4 Å². The zero-order valence-corrected chi connectivity index (χ0v) is 15.0. The van der Waals surface area contributed by atoms with E-state index in [1.165, 1.54) is 11.3 Å². The molecule has 2 aromatic heterocycles. The Morgan fingerprint density at radius 1 is 1.21 bits per heavy atom. The average Bonchev–Trinajstić information content (AvgIpc) is 3.24. The molecule has 0 unspecified atom stereocenters. The zero-order chi connectivity index (χ0) is 16.9. The first-order valence-corrected chi connectivity index (χ1v) is 9.52. The van der Waals surface area contributed by atoms with Crippen molar-refractivity contribution in [1.82, 2.24) is 14.9 Å². The lowest BCUT2D eigenvalue weighted by atomic mass is 10.2. The van der Waals surface area contributed by atoms with E-state index >= 15 is 0 Å². The normalized spacial score (nSPS) is 14.7. The van der Waals surface area contributed by atoms with Crippen LogP contribution in [0.5, 0.6) is 0 Å². The molecule has 0 aromatic carbocycles. The second kappa shape index (κ2) is 7.71. The van der Waals surface area contributed by atoms with Crippen molar-refractivity contribution in [2.24, 2.45) is 0 Å². The number of hydrogen-bond donors (Lipinski definition) is 1. The van der Waals surface area contributed by atoms with E-state index in [2.05, 4.69) is 20.2 Å². The van der Waals surface area contributed by atoms with Gasteiger partial charge in [-0.05, 0) is 6.92 Å². The molecule has 0 aliphatic carbocycles. The minimum atomic E-state index is -0.171. The lowest BCUT2D eigenvalue weighted by molar-refractivity contribution is -0.133. The zero-order valence-electron chi connectivity index (χ0n) is 13.4. The highest BCUT2D eigenvalue weighted by molar-refractivity contribution is 7.14. The molecule has 0 saturated carbocycles. The van der Waals surface area contributed by atoms with Crippen molar-refractivity contribution in [2.45, 2.75) is 19.8 Å². The first kappa shape index (κ1) is 16.8. The molecular formula is C15H19N5O2S2.